The maximum absolute atomic E-state index is 11.2. The van der Waals surface area contributed by atoms with Crippen molar-refractivity contribution >= 4 is 5.97 Å². The lowest BCUT2D eigenvalue weighted by Gasteiger charge is -2.35. The Morgan fingerprint density at radius 3 is 2.57 bits per heavy atom. The molecule has 1 fully saturated rings. The second-order valence-corrected chi connectivity index (χ2v) is 5.47. The molecule has 1 heterocycles. The minimum absolute atomic E-state index is 0.0172. The Balaban J connectivity index is 2.62. The van der Waals surface area contributed by atoms with Crippen molar-refractivity contribution in [3.63, 3.8) is 0 Å². The first-order valence-electron chi connectivity index (χ1n) is 5.17. The van der Waals surface area contributed by atoms with E-state index in [0.29, 0.717) is 12.8 Å². The maximum atomic E-state index is 11.2. The molecule has 0 aromatic heterocycles. The van der Waals surface area contributed by atoms with Gasteiger partial charge in [0.2, 0.25) is 0 Å². The molecule has 1 aliphatic heterocycles. The first kappa shape index (κ1) is 11.5. The third kappa shape index (κ3) is 2.98. The van der Waals surface area contributed by atoms with E-state index in [4.69, 9.17) is 4.74 Å². The summed E-state index contributed by atoms with van der Waals surface area (Å²) in [6, 6.07) is 0. The van der Waals surface area contributed by atoms with Crippen LogP contribution in [0.2, 0.25) is 0 Å². The molecular formula is C11H20O3. The Bertz CT molecular complexity index is 217. The van der Waals surface area contributed by atoms with E-state index in [1.807, 2.05) is 6.92 Å². The zero-order valence-corrected chi connectivity index (χ0v) is 9.41. The molecule has 0 saturated carbocycles. The van der Waals surface area contributed by atoms with Crippen LogP contribution in [0.5, 0.6) is 0 Å². The van der Waals surface area contributed by atoms with Crippen molar-refractivity contribution in [2.75, 3.05) is 0 Å². The number of aliphatic hydroxyl groups excluding tert-OH is 1. The fraction of sp³-hybridized carbons (Fsp3) is 0.909. The molecule has 1 rings (SSSR count). The number of rotatable bonds is 1. The van der Waals surface area contributed by atoms with Gasteiger partial charge in [0.05, 0.1) is 12.5 Å². The van der Waals surface area contributed by atoms with Crippen molar-refractivity contribution in [1.29, 1.82) is 0 Å². The molecule has 0 spiro atoms. The van der Waals surface area contributed by atoms with E-state index in [0.717, 1.165) is 0 Å². The van der Waals surface area contributed by atoms with Crippen LogP contribution in [0.4, 0.5) is 0 Å². The van der Waals surface area contributed by atoms with Gasteiger partial charge in [0.1, 0.15) is 6.10 Å². The Kier molecular flexibility index (Phi) is 3.20. The van der Waals surface area contributed by atoms with E-state index in [-0.39, 0.29) is 23.4 Å². The zero-order valence-electron chi connectivity index (χ0n) is 9.41. The predicted octanol–water partition coefficient (Wildman–Crippen LogP) is 1.74. The van der Waals surface area contributed by atoms with Gasteiger partial charge < -0.3 is 9.84 Å². The topological polar surface area (TPSA) is 46.5 Å². The number of aliphatic hydroxyl groups is 1. The van der Waals surface area contributed by atoms with Gasteiger partial charge in [-0.3, -0.25) is 4.79 Å². The minimum Gasteiger partial charge on any atom is -0.460 e. The lowest BCUT2D eigenvalue weighted by molar-refractivity contribution is -0.172. The average molecular weight is 200 g/mol. The lowest BCUT2D eigenvalue weighted by atomic mass is 9.83. The van der Waals surface area contributed by atoms with Crippen LogP contribution in [0.15, 0.2) is 0 Å². The van der Waals surface area contributed by atoms with Gasteiger partial charge in [0, 0.05) is 0 Å². The highest BCUT2D eigenvalue weighted by Crippen LogP contribution is 2.30. The predicted molar refractivity (Wildman–Crippen MR) is 53.7 cm³/mol. The zero-order chi connectivity index (χ0) is 10.9. The number of cyclic esters (lactones) is 1. The molecule has 1 saturated heterocycles. The summed E-state index contributed by atoms with van der Waals surface area (Å²) in [7, 11) is 0. The molecule has 0 aromatic carbocycles. The molecule has 3 heteroatoms. The summed E-state index contributed by atoms with van der Waals surface area (Å²) in [6.45, 7) is 8.12. The van der Waals surface area contributed by atoms with Gasteiger partial charge in [-0.05, 0) is 17.8 Å². The summed E-state index contributed by atoms with van der Waals surface area (Å²) < 4.78 is 5.16. The summed E-state index contributed by atoms with van der Waals surface area (Å²) in [5, 5.41) is 9.84. The molecule has 3 nitrogen and oxygen atoms in total. The normalized spacial score (nSPS) is 34.1. The third-order valence-corrected chi connectivity index (χ3v) is 2.55. The Labute approximate surface area is 85.5 Å². The number of ether oxygens (including phenoxy) is 1. The molecule has 1 N–H and O–H groups in total. The highest BCUT2D eigenvalue weighted by molar-refractivity contribution is 5.70. The van der Waals surface area contributed by atoms with Gasteiger partial charge >= 0.3 is 5.97 Å². The molecule has 0 radical (unpaired) electrons. The smallest absolute Gasteiger partial charge is 0.306 e. The van der Waals surface area contributed by atoms with Crippen LogP contribution < -0.4 is 0 Å². The second-order valence-electron chi connectivity index (χ2n) is 5.47. The molecule has 0 unspecified atom stereocenters. The van der Waals surface area contributed by atoms with Crippen LogP contribution in [0, 0.1) is 11.3 Å². The summed E-state index contributed by atoms with van der Waals surface area (Å²) in [5.74, 6) is -0.166. The van der Waals surface area contributed by atoms with Crippen molar-refractivity contribution < 1.29 is 14.6 Å². The van der Waals surface area contributed by atoms with Crippen molar-refractivity contribution in [3.05, 3.63) is 0 Å². The minimum atomic E-state index is -0.507. The quantitative estimate of drug-likeness (QED) is 0.656. The third-order valence-electron chi connectivity index (χ3n) is 2.55. The number of hydrogen-bond acceptors (Lipinski definition) is 3. The van der Waals surface area contributed by atoms with Crippen LogP contribution in [0.3, 0.4) is 0 Å². The monoisotopic (exact) mass is 200 g/mol. The molecule has 3 atom stereocenters. The summed E-state index contributed by atoms with van der Waals surface area (Å²) in [4.78, 5) is 11.2. The van der Waals surface area contributed by atoms with Crippen molar-refractivity contribution in [2.45, 2.75) is 52.7 Å². The molecule has 1 aliphatic rings. The van der Waals surface area contributed by atoms with Crippen molar-refractivity contribution in [2.24, 2.45) is 11.3 Å². The highest BCUT2D eigenvalue weighted by atomic mass is 16.6. The molecule has 0 bridgehead atoms. The lowest BCUT2D eigenvalue weighted by Crippen LogP contribution is -2.43. The van der Waals surface area contributed by atoms with Gasteiger partial charge in [0.25, 0.3) is 0 Å². The average Bonchev–Trinajstić information content (AvgIpc) is 1.96. The summed E-state index contributed by atoms with van der Waals surface area (Å²) >= 11 is 0. The molecular weight excluding hydrogens is 180 g/mol. The van der Waals surface area contributed by atoms with Gasteiger partial charge in [0.15, 0.2) is 0 Å². The van der Waals surface area contributed by atoms with E-state index < -0.39 is 6.10 Å². The molecule has 0 amide bonds. The van der Waals surface area contributed by atoms with E-state index in [1.165, 1.54) is 0 Å². The SMILES string of the molecule is C[C@H]1CC(=O)O[C@@H](CC(C)(C)C)[C@@H]1O. The van der Waals surface area contributed by atoms with Gasteiger partial charge in [-0.1, -0.05) is 27.7 Å². The van der Waals surface area contributed by atoms with Crippen LogP contribution in [-0.2, 0) is 9.53 Å². The highest BCUT2D eigenvalue weighted by Gasteiger charge is 2.36. The fourth-order valence-electron chi connectivity index (χ4n) is 1.80. The fourth-order valence-corrected chi connectivity index (χ4v) is 1.80. The molecule has 82 valence electrons. The summed E-state index contributed by atoms with van der Waals surface area (Å²) in [6.07, 6.45) is 0.213. The van der Waals surface area contributed by atoms with Crippen molar-refractivity contribution in [1.82, 2.24) is 0 Å². The Morgan fingerprint density at radius 2 is 2.07 bits per heavy atom. The first-order chi connectivity index (χ1) is 6.29. The number of carbonyl (C=O) groups is 1. The van der Waals surface area contributed by atoms with E-state index in [2.05, 4.69) is 20.8 Å². The largest absolute Gasteiger partial charge is 0.460 e. The number of carbonyl (C=O) groups excluding carboxylic acids is 1. The molecule has 14 heavy (non-hydrogen) atoms. The van der Waals surface area contributed by atoms with E-state index in [1.54, 1.807) is 0 Å². The van der Waals surface area contributed by atoms with E-state index in [9.17, 15) is 9.90 Å². The molecule has 0 aromatic rings. The van der Waals surface area contributed by atoms with Crippen LogP contribution >= 0.6 is 0 Å². The van der Waals surface area contributed by atoms with Gasteiger partial charge in [-0.15, -0.1) is 0 Å². The Hall–Kier alpha value is -0.570. The standard InChI is InChI=1S/C11H20O3/c1-7-5-9(12)14-8(10(7)13)6-11(2,3)4/h7-8,10,13H,5-6H2,1-4H3/t7-,8-,10+/m0/s1. The van der Waals surface area contributed by atoms with Crippen LogP contribution in [0.25, 0.3) is 0 Å². The Morgan fingerprint density at radius 1 is 1.50 bits per heavy atom. The maximum Gasteiger partial charge on any atom is 0.306 e. The van der Waals surface area contributed by atoms with E-state index >= 15 is 0 Å². The molecule has 0 aliphatic carbocycles. The van der Waals surface area contributed by atoms with Crippen LogP contribution in [-0.4, -0.2) is 23.3 Å². The number of esters is 1. The number of hydrogen-bond donors (Lipinski definition) is 1. The summed E-state index contributed by atoms with van der Waals surface area (Å²) in [5.41, 5.74) is 0.0724. The van der Waals surface area contributed by atoms with Gasteiger partial charge in [-0.25, -0.2) is 0 Å². The van der Waals surface area contributed by atoms with Crippen molar-refractivity contribution in [3.8, 4) is 0 Å². The van der Waals surface area contributed by atoms with Crippen LogP contribution in [0.1, 0.15) is 40.5 Å². The second kappa shape index (κ2) is 3.89. The van der Waals surface area contributed by atoms with Gasteiger partial charge in [-0.2, -0.15) is 0 Å². The first-order valence-corrected chi connectivity index (χ1v) is 5.17.